The fraction of sp³-hybridized carbons (Fsp3) is 0.571. The summed E-state index contributed by atoms with van der Waals surface area (Å²) in [6.45, 7) is 1.80. The summed E-state index contributed by atoms with van der Waals surface area (Å²) in [7, 11) is 5.23. The van der Waals surface area contributed by atoms with Gasteiger partial charge in [-0.25, -0.2) is 4.99 Å². The smallest absolute Gasteiger partial charge is 0.247 e. The van der Waals surface area contributed by atoms with Crippen molar-refractivity contribution >= 4 is 18.1 Å². The first-order chi connectivity index (χ1) is 5.61. The maximum absolute atomic E-state index is 5.54. The molecular formula is C7H15N5. The van der Waals surface area contributed by atoms with Gasteiger partial charge in [0.1, 0.15) is 0 Å². The summed E-state index contributed by atoms with van der Waals surface area (Å²) in [5.41, 5.74) is 5.54. The third-order valence-corrected chi connectivity index (χ3v) is 1.12. The highest BCUT2D eigenvalue weighted by Gasteiger charge is 1.95. The van der Waals surface area contributed by atoms with Crippen LogP contribution < -0.4 is 5.73 Å². The molecule has 0 aliphatic rings. The molecule has 0 aliphatic carbocycles. The second kappa shape index (κ2) is 5.29. The van der Waals surface area contributed by atoms with Gasteiger partial charge in [-0.15, -0.1) is 0 Å². The number of nitrogens with zero attached hydrogens (tertiary/aromatic N) is 4. The molecule has 0 saturated heterocycles. The Morgan fingerprint density at radius 2 is 2.00 bits per heavy atom. The molecule has 68 valence electrons. The van der Waals surface area contributed by atoms with Crippen molar-refractivity contribution in [2.75, 3.05) is 21.1 Å². The van der Waals surface area contributed by atoms with E-state index in [1.165, 1.54) is 0 Å². The van der Waals surface area contributed by atoms with E-state index in [1.54, 1.807) is 25.1 Å². The molecule has 5 nitrogen and oxygen atoms in total. The summed E-state index contributed by atoms with van der Waals surface area (Å²) in [6.07, 6.45) is 1.62. The predicted octanol–water partition coefficient (Wildman–Crippen LogP) is -0.0608. The lowest BCUT2D eigenvalue weighted by Crippen LogP contribution is -2.31. The Morgan fingerprint density at radius 1 is 1.42 bits per heavy atom. The molecule has 0 rings (SSSR count). The van der Waals surface area contributed by atoms with Crippen molar-refractivity contribution < 1.29 is 0 Å². The fourth-order valence-corrected chi connectivity index (χ4v) is 0.455. The van der Waals surface area contributed by atoms with Gasteiger partial charge < -0.3 is 10.6 Å². The number of hydrogen-bond donors (Lipinski definition) is 1. The van der Waals surface area contributed by atoms with Crippen LogP contribution in [-0.4, -0.2) is 44.2 Å². The quantitative estimate of drug-likeness (QED) is 0.408. The Kier molecular flexibility index (Phi) is 4.67. The SMILES string of the molecule is C/C=N\C(=NC)/N=C(\N)N(C)C. The molecule has 0 atom stereocenters. The van der Waals surface area contributed by atoms with Crippen LogP contribution in [0.15, 0.2) is 15.0 Å². The molecular weight excluding hydrogens is 154 g/mol. The Hall–Kier alpha value is -1.39. The molecule has 0 bridgehead atoms. The van der Waals surface area contributed by atoms with Crippen LogP contribution in [0.2, 0.25) is 0 Å². The third-order valence-electron chi connectivity index (χ3n) is 1.12. The van der Waals surface area contributed by atoms with E-state index in [0.717, 1.165) is 0 Å². The number of rotatable bonds is 0. The van der Waals surface area contributed by atoms with Crippen LogP contribution in [0.25, 0.3) is 0 Å². The minimum atomic E-state index is 0.378. The second-order valence-electron chi connectivity index (χ2n) is 2.28. The Morgan fingerprint density at radius 3 is 2.33 bits per heavy atom. The minimum absolute atomic E-state index is 0.378. The third kappa shape index (κ3) is 3.70. The van der Waals surface area contributed by atoms with Gasteiger partial charge in [-0.1, -0.05) is 0 Å². The van der Waals surface area contributed by atoms with E-state index in [1.807, 2.05) is 14.1 Å². The summed E-state index contributed by atoms with van der Waals surface area (Å²) in [5, 5.41) is 0. The van der Waals surface area contributed by atoms with Crippen LogP contribution in [0.5, 0.6) is 0 Å². The molecule has 12 heavy (non-hydrogen) atoms. The van der Waals surface area contributed by atoms with Crippen molar-refractivity contribution in [2.45, 2.75) is 6.92 Å². The topological polar surface area (TPSA) is 66.3 Å². The molecule has 0 aliphatic heterocycles. The number of hydrogen-bond acceptors (Lipinski definition) is 1. The van der Waals surface area contributed by atoms with Gasteiger partial charge in [0.2, 0.25) is 5.96 Å². The van der Waals surface area contributed by atoms with Crippen molar-refractivity contribution in [2.24, 2.45) is 20.7 Å². The van der Waals surface area contributed by atoms with Gasteiger partial charge in [0.05, 0.1) is 0 Å². The normalized spacial score (nSPS) is 14.0. The van der Waals surface area contributed by atoms with Crippen LogP contribution >= 0.6 is 0 Å². The predicted molar refractivity (Wildman–Crippen MR) is 52.8 cm³/mol. The van der Waals surface area contributed by atoms with Crippen molar-refractivity contribution in [1.29, 1.82) is 0 Å². The lowest BCUT2D eigenvalue weighted by atomic mass is 10.8. The largest absolute Gasteiger partial charge is 0.369 e. The summed E-state index contributed by atoms with van der Waals surface area (Å²) in [5.74, 6) is 0.768. The van der Waals surface area contributed by atoms with E-state index >= 15 is 0 Å². The van der Waals surface area contributed by atoms with Crippen molar-refractivity contribution in [1.82, 2.24) is 4.90 Å². The zero-order valence-electron chi connectivity index (χ0n) is 7.94. The van der Waals surface area contributed by atoms with Gasteiger partial charge in [-0.05, 0) is 6.92 Å². The summed E-state index contributed by atoms with van der Waals surface area (Å²) >= 11 is 0. The highest BCUT2D eigenvalue weighted by molar-refractivity contribution is 5.97. The van der Waals surface area contributed by atoms with E-state index in [2.05, 4.69) is 15.0 Å². The Balaban J connectivity index is 4.48. The average molecular weight is 169 g/mol. The van der Waals surface area contributed by atoms with Crippen LogP contribution in [0.4, 0.5) is 0 Å². The van der Waals surface area contributed by atoms with E-state index in [0.29, 0.717) is 11.9 Å². The number of nitrogens with two attached hydrogens (primary N) is 1. The molecule has 0 amide bonds. The molecule has 0 heterocycles. The summed E-state index contributed by atoms with van der Waals surface area (Å²) in [4.78, 5) is 13.4. The van der Waals surface area contributed by atoms with Crippen LogP contribution in [-0.2, 0) is 0 Å². The van der Waals surface area contributed by atoms with E-state index in [9.17, 15) is 0 Å². The molecule has 0 aromatic rings. The van der Waals surface area contributed by atoms with E-state index in [4.69, 9.17) is 5.73 Å². The Labute approximate surface area is 72.7 Å². The van der Waals surface area contributed by atoms with Crippen LogP contribution in [0.3, 0.4) is 0 Å². The second-order valence-corrected chi connectivity index (χ2v) is 2.28. The molecule has 0 aromatic heterocycles. The average Bonchev–Trinajstić information content (AvgIpc) is 2.03. The Bertz CT molecular complexity index is 214. The standard InChI is InChI=1S/C7H15N5/c1-5-10-7(9-2)11-6(8)12(3)4/h5H,1-4H3,(H2,8,9,11)/b10-5-. The first-order valence-corrected chi connectivity index (χ1v) is 3.58. The first kappa shape index (κ1) is 10.6. The van der Waals surface area contributed by atoms with Gasteiger partial charge in [0.15, 0.2) is 5.96 Å². The molecule has 0 unspecified atom stereocenters. The van der Waals surface area contributed by atoms with Crippen molar-refractivity contribution in [3.8, 4) is 0 Å². The monoisotopic (exact) mass is 169 g/mol. The molecule has 0 saturated carbocycles. The number of guanidine groups is 2. The van der Waals surface area contributed by atoms with Gasteiger partial charge in [-0.2, -0.15) is 4.99 Å². The lowest BCUT2D eigenvalue weighted by Gasteiger charge is -2.09. The zero-order chi connectivity index (χ0) is 9.56. The minimum Gasteiger partial charge on any atom is -0.369 e. The maximum atomic E-state index is 5.54. The molecule has 0 fully saturated rings. The molecule has 2 N–H and O–H groups in total. The highest BCUT2D eigenvalue weighted by Crippen LogP contribution is 1.84. The van der Waals surface area contributed by atoms with Gasteiger partial charge in [0, 0.05) is 27.4 Å². The molecule has 0 radical (unpaired) electrons. The first-order valence-electron chi connectivity index (χ1n) is 3.58. The van der Waals surface area contributed by atoms with Gasteiger partial charge >= 0.3 is 0 Å². The zero-order valence-corrected chi connectivity index (χ0v) is 7.94. The van der Waals surface area contributed by atoms with Crippen LogP contribution in [0.1, 0.15) is 6.92 Å². The summed E-state index contributed by atoms with van der Waals surface area (Å²) in [6, 6.07) is 0. The highest BCUT2D eigenvalue weighted by atomic mass is 15.2. The van der Waals surface area contributed by atoms with Gasteiger partial charge in [-0.3, -0.25) is 4.99 Å². The summed E-state index contributed by atoms with van der Waals surface area (Å²) < 4.78 is 0. The molecule has 5 heteroatoms. The lowest BCUT2D eigenvalue weighted by molar-refractivity contribution is 0.615. The van der Waals surface area contributed by atoms with E-state index < -0.39 is 0 Å². The number of aliphatic imine (C=N–C) groups is 3. The van der Waals surface area contributed by atoms with Crippen molar-refractivity contribution in [3.05, 3.63) is 0 Å². The van der Waals surface area contributed by atoms with Crippen molar-refractivity contribution in [3.63, 3.8) is 0 Å². The fourth-order valence-electron chi connectivity index (χ4n) is 0.455. The van der Waals surface area contributed by atoms with E-state index in [-0.39, 0.29) is 0 Å². The maximum Gasteiger partial charge on any atom is 0.247 e. The van der Waals surface area contributed by atoms with Crippen LogP contribution in [0, 0.1) is 0 Å². The molecule has 0 spiro atoms. The van der Waals surface area contributed by atoms with Gasteiger partial charge in [0.25, 0.3) is 0 Å². The molecule has 0 aromatic carbocycles.